The van der Waals surface area contributed by atoms with Gasteiger partial charge in [-0.3, -0.25) is 0 Å². The standard InChI is InChI=1S/C27H41N3/c1-10-15-23(11-2)16-13-14-17-24(12-3)19-28-22(8)25-18-26(20(4)5)30(9)27(29-25)21(6)7/h12,14,16-18,24,28H,3-4,8,10-11,13,15,19H2,1-2,5-7,9H3/b17-14?,23-16+. The lowest BCUT2D eigenvalue weighted by Gasteiger charge is -2.29. The fourth-order valence-corrected chi connectivity index (χ4v) is 3.37. The van der Waals surface area contributed by atoms with Crippen molar-refractivity contribution < 1.29 is 0 Å². The topological polar surface area (TPSA) is 27.6 Å². The summed E-state index contributed by atoms with van der Waals surface area (Å²) >= 11 is 0. The number of allylic oxidation sites excluding steroid dienone is 6. The molecule has 0 amide bonds. The molecule has 0 saturated heterocycles. The van der Waals surface area contributed by atoms with Crippen molar-refractivity contribution in [2.45, 2.75) is 60.3 Å². The highest BCUT2D eigenvalue weighted by molar-refractivity contribution is 6.09. The first kappa shape index (κ1) is 25.5. The van der Waals surface area contributed by atoms with Crippen LogP contribution in [0.4, 0.5) is 0 Å². The molecule has 1 N–H and O–H groups in total. The molecule has 30 heavy (non-hydrogen) atoms. The van der Waals surface area contributed by atoms with Gasteiger partial charge in [0.25, 0.3) is 0 Å². The molecule has 3 heteroatoms. The van der Waals surface area contributed by atoms with Crippen LogP contribution >= 0.6 is 0 Å². The molecule has 0 radical (unpaired) electrons. The second-order valence-electron chi connectivity index (χ2n) is 8.08. The van der Waals surface area contributed by atoms with Crippen LogP contribution in [0.15, 0.2) is 89.0 Å². The number of hydrogen-bond donors (Lipinski definition) is 1. The molecule has 1 rings (SSSR count). The van der Waals surface area contributed by atoms with Crippen LogP contribution in [0.3, 0.4) is 0 Å². The Balaban J connectivity index is 2.80. The Morgan fingerprint density at radius 2 is 1.93 bits per heavy atom. The van der Waals surface area contributed by atoms with E-state index in [1.165, 1.54) is 12.8 Å². The van der Waals surface area contributed by atoms with E-state index in [-0.39, 0.29) is 5.92 Å². The molecule has 0 aromatic carbocycles. The molecule has 1 atom stereocenters. The van der Waals surface area contributed by atoms with Crippen LogP contribution in [0.1, 0.15) is 60.3 Å². The number of hydrogen-bond acceptors (Lipinski definition) is 3. The maximum absolute atomic E-state index is 4.81. The minimum absolute atomic E-state index is 0.241. The minimum Gasteiger partial charge on any atom is -0.383 e. The van der Waals surface area contributed by atoms with Crippen molar-refractivity contribution in [2.24, 2.45) is 10.9 Å². The van der Waals surface area contributed by atoms with Crippen molar-refractivity contribution in [2.75, 3.05) is 13.6 Å². The maximum Gasteiger partial charge on any atom is 0.132 e. The molecule has 0 saturated carbocycles. The van der Waals surface area contributed by atoms with Crippen LogP contribution in [-0.2, 0) is 0 Å². The van der Waals surface area contributed by atoms with Crippen molar-refractivity contribution in [1.29, 1.82) is 0 Å². The molecule has 1 unspecified atom stereocenters. The zero-order chi connectivity index (χ0) is 22.7. The molecule has 0 fully saturated rings. The van der Waals surface area contributed by atoms with E-state index in [0.717, 1.165) is 53.5 Å². The quantitative estimate of drug-likeness (QED) is 0.350. The number of nitrogens with zero attached hydrogens (tertiary/aromatic N) is 2. The van der Waals surface area contributed by atoms with Crippen molar-refractivity contribution in [3.63, 3.8) is 0 Å². The third-order valence-electron chi connectivity index (χ3n) is 5.18. The maximum atomic E-state index is 4.81. The van der Waals surface area contributed by atoms with E-state index < -0.39 is 0 Å². The van der Waals surface area contributed by atoms with Gasteiger partial charge < -0.3 is 10.2 Å². The summed E-state index contributed by atoms with van der Waals surface area (Å²) in [6.07, 6.45) is 15.3. The zero-order valence-electron chi connectivity index (χ0n) is 20.0. The Bertz CT molecular complexity index is 783. The summed E-state index contributed by atoms with van der Waals surface area (Å²) < 4.78 is 0. The van der Waals surface area contributed by atoms with Gasteiger partial charge in [-0.1, -0.05) is 63.3 Å². The Morgan fingerprint density at radius 1 is 1.23 bits per heavy atom. The van der Waals surface area contributed by atoms with E-state index in [2.05, 4.69) is 75.9 Å². The second-order valence-corrected chi connectivity index (χ2v) is 8.08. The first-order valence-corrected chi connectivity index (χ1v) is 11.0. The molecule has 0 spiro atoms. The smallest absolute Gasteiger partial charge is 0.132 e. The summed E-state index contributed by atoms with van der Waals surface area (Å²) in [4.78, 5) is 6.90. The van der Waals surface area contributed by atoms with E-state index in [9.17, 15) is 0 Å². The Hall–Kier alpha value is -2.55. The summed E-state index contributed by atoms with van der Waals surface area (Å²) in [5.74, 6) is 1.19. The van der Waals surface area contributed by atoms with E-state index in [1.807, 2.05) is 26.1 Å². The molecule has 0 bridgehead atoms. The van der Waals surface area contributed by atoms with E-state index in [4.69, 9.17) is 4.99 Å². The lowest BCUT2D eigenvalue weighted by atomic mass is 10.0. The normalized spacial score (nSPS) is 15.6. The van der Waals surface area contributed by atoms with Crippen LogP contribution in [-0.4, -0.2) is 24.2 Å². The van der Waals surface area contributed by atoms with Crippen molar-refractivity contribution in [1.82, 2.24) is 10.2 Å². The Kier molecular flexibility index (Phi) is 11.0. The van der Waals surface area contributed by atoms with E-state index in [0.29, 0.717) is 0 Å². The highest BCUT2D eigenvalue weighted by Gasteiger charge is 2.19. The van der Waals surface area contributed by atoms with Gasteiger partial charge in [-0.15, -0.1) is 6.58 Å². The highest BCUT2D eigenvalue weighted by Crippen LogP contribution is 2.26. The first-order chi connectivity index (χ1) is 14.2. The molecule has 1 heterocycles. The second kappa shape index (κ2) is 12.9. The lowest BCUT2D eigenvalue weighted by molar-refractivity contribution is 0.510. The monoisotopic (exact) mass is 407 g/mol. The van der Waals surface area contributed by atoms with Gasteiger partial charge in [0.05, 0.1) is 11.4 Å². The van der Waals surface area contributed by atoms with Gasteiger partial charge in [0, 0.05) is 25.2 Å². The van der Waals surface area contributed by atoms with Crippen LogP contribution in [0.25, 0.3) is 0 Å². The van der Waals surface area contributed by atoms with Gasteiger partial charge in [0.15, 0.2) is 0 Å². The molecule has 3 nitrogen and oxygen atoms in total. The zero-order valence-corrected chi connectivity index (χ0v) is 20.0. The minimum atomic E-state index is 0.241. The highest BCUT2D eigenvalue weighted by atomic mass is 15.2. The summed E-state index contributed by atoms with van der Waals surface area (Å²) in [6.45, 7) is 23.7. The predicted molar refractivity (Wildman–Crippen MR) is 134 cm³/mol. The average Bonchev–Trinajstić information content (AvgIpc) is 2.71. The first-order valence-electron chi connectivity index (χ1n) is 11.0. The molecule has 0 aromatic heterocycles. The summed E-state index contributed by atoms with van der Waals surface area (Å²) in [5.41, 5.74) is 6.43. The summed E-state index contributed by atoms with van der Waals surface area (Å²) in [7, 11) is 2.02. The number of aliphatic imine (C=N–C) groups is 1. The predicted octanol–water partition coefficient (Wildman–Crippen LogP) is 7.07. The van der Waals surface area contributed by atoms with Gasteiger partial charge in [-0.25, -0.2) is 4.99 Å². The third kappa shape index (κ3) is 7.70. The fourth-order valence-electron chi connectivity index (χ4n) is 3.37. The number of nitrogens with one attached hydrogen (secondary N) is 1. The van der Waals surface area contributed by atoms with Gasteiger partial charge in [0.2, 0.25) is 0 Å². The van der Waals surface area contributed by atoms with Crippen molar-refractivity contribution in [3.8, 4) is 0 Å². The summed E-state index contributed by atoms with van der Waals surface area (Å²) in [5, 5.41) is 3.44. The Morgan fingerprint density at radius 3 is 2.47 bits per heavy atom. The van der Waals surface area contributed by atoms with Crippen LogP contribution in [0, 0.1) is 5.92 Å². The van der Waals surface area contributed by atoms with Crippen LogP contribution in [0.5, 0.6) is 0 Å². The molecule has 164 valence electrons. The molecule has 1 aliphatic rings. The molecule has 0 aliphatic carbocycles. The molecular weight excluding hydrogens is 366 g/mol. The number of rotatable bonds is 12. The van der Waals surface area contributed by atoms with Crippen LogP contribution in [0.2, 0.25) is 0 Å². The molecule has 0 aromatic rings. The van der Waals surface area contributed by atoms with Gasteiger partial charge >= 0.3 is 0 Å². The van der Waals surface area contributed by atoms with Gasteiger partial charge in [-0.2, -0.15) is 0 Å². The van der Waals surface area contributed by atoms with E-state index >= 15 is 0 Å². The van der Waals surface area contributed by atoms with Gasteiger partial charge in [0.1, 0.15) is 5.82 Å². The third-order valence-corrected chi connectivity index (χ3v) is 5.18. The summed E-state index contributed by atoms with van der Waals surface area (Å²) in [6, 6.07) is 0. The van der Waals surface area contributed by atoms with Gasteiger partial charge in [-0.05, 0) is 57.3 Å². The molecule has 1 aliphatic heterocycles. The molecular formula is C27H41N3. The average molecular weight is 408 g/mol. The SMILES string of the molecule is C=CC(C=CC/C=C(\CC)CCC)CNC(=C)C1=NC(=C(C)C)N(C)C(C(=C)C)=C1. The fraction of sp³-hybridized carbons (Fsp3) is 0.444. The van der Waals surface area contributed by atoms with Crippen LogP contribution < -0.4 is 5.32 Å². The Labute approximate surface area is 185 Å². The number of likely N-dealkylation sites (N-methyl/N-ethyl adjacent to an activating group) is 1. The van der Waals surface area contributed by atoms with E-state index in [1.54, 1.807) is 5.57 Å². The van der Waals surface area contributed by atoms with Crippen molar-refractivity contribution >= 4 is 5.71 Å². The largest absolute Gasteiger partial charge is 0.383 e. The van der Waals surface area contributed by atoms with Crippen molar-refractivity contribution in [3.05, 3.63) is 84.1 Å². The lowest BCUT2D eigenvalue weighted by Crippen LogP contribution is -2.29.